The Morgan fingerprint density at radius 1 is 1.20 bits per heavy atom. The molecule has 2 aromatic rings. The van der Waals surface area contributed by atoms with Crippen molar-refractivity contribution in [3.05, 3.63) is 47.8 Å². The number of carbonyl (C=O) groups is 1. The fourth-order valence-corrected chi connectivity index (χ4v) is 4.11. The quantitative estimate of drug-likeness (QED) is 0.890. The number of amides is 1. The first-order valence-corrected chi connectivity index (χ1v) is 9.83. The van der Waals surface area contributed by atoms with Gasteiger partial charge in [0.1, 0.15) is 10.6 Å². The van der Waals surface area contributed by atoms with Gasteiger partial charge in [-0.15, -0.1) is 0 Å². The van der Waals surface area contributed by atoms with Crippen LogP contribution in [0, 0.1) is 12.8 Å². The molecule has 6 nitrogen and oxygen atoms in total. The third kappa shape index (κ3) is 3.71. The van der Waals surface area contributed by atoms with Crippen LogP contribution >= 0.6 is 0 Å². The van der Waals surface area contributed by atoms with E-state index in [2.05, 4.69) is 18.6 Å². The van der Waals surface area contributed by atoms with Gasteiger partial charge >= 0.3 is 0 Å². The first-order valence-electron chi connectivity index (χ1n) is 8.35. The van der Waals surface area contributed by atoms with Crippen molar-refractivity contribution >= 4 is 21.6 Å². The van der Waals surface area contributed by atoms with Gasteiger partial charge in [0, 0.05) is 31.5 Å². The van der Waals surface area contributed by atoms with Crippen LogP contribution in [0.15, 0.2) is 41.4 Å². The topological polar surface area (TPSA) is 71.4 Å². The zero-order valence-electron chi connectivity index (χ0n) is 14.7. The maximum atomic E-state index is 12.6. The summed E-state index contributed by atoms with van der Waals surface area (Å²) in [6.07, 6.45) is 1.54. The van der Waals surface area contributed by atoms with Crippen molar-refractivity contribution < 1.29 is 13.2 Å². The number of fused-ring (bicyclic) bond motifs is 1. The number of carbonyl (C=O) groups excluding carboxylic acids is 1. The minimum atomic E-state index is -3.73. The van der Waals surface area contributed by atoms with Gasteiger partial charge in [-0.3, -0.25) is 9.52 Å². The second-order valence-electron chi connectivity index (χ2n) is 6.87. The molecule has 0 saturated heterocycles. The highest BCUT2D eigenvalue weighted by Crippen LogP contribution is 2.23. The van der Waals surface area contributed by atoms with Gasteiger partial charge in [0.05, 0.1) is 0 Å². The largest absolute Gasteiger partial charge is 0.340 e. The predicted molar refractivity (Wildman–Crippen MR) is 97.2 cm³/mol. The van der Waals surface area contributed by atoms with Crippen LogP contribution in [0.5, 0.6) is 0 Å². The van der Waals surface area contributed by atoms with Crippen LogP contribution < -0.4 is 4.72 Å². The number of nitrogens with zero attached hydrogens (tertiary/aromatic N) is 2. The molecule has 2 heterocycles. The lowest BCUT2D eigenvalue weighted by Gasteiger charge is -2.29. The molecule has 0 aliphatic carbocycles. The maximum absolute atomic E-state index is 12.6. The van der Waals surface area contributed by atoms with Crippen LogP contribution in [-0.4, -0.2) is 36.9 Å². The van der Waals surface area contributed by atoms with Gasteiger partial charge in [-0.2, -0.15) is 0 Å². The van der Waals surface area contributed by atoms with E-state index in [-0.39, 0.29) is 10.8 Å². The van der Waals surface area contributed by atoms with E-state index >= 15 is 0 Å². The first kappa shape index (κ1) is 17.5. The van der Waals surface area contributed by atoms with Crippen LogP contribution in [-0.2, 0) is 16.6 Å². The lowest BCUT2D eigenvalue weighted by Crippen LogP contribution is -2.41. The molecule has 0 unspecified atom stereocenters. The molecule has 0 fully saturated rings. The number of nitrogens with one attached hydrogen (secondary N) is 1. The Kier molecular flexibility index (Phi) is 4.60. The zero-order valence-corrected chi connectivity index (χ0v) is 15.5. The summed E-state index contributed by atoms with van der Waals surface area (Å²) in [6.45, 7) is 7.90. The highest BCUT2D eigenvalue weighted by atomic mass is 32.2. The molecule has 0 atom stereocenters. The third-order valence-corrected chi connectivity index (χ3v) is 5.50. The van der Waals surface area contributed by atoms with Gasteiger partial charge in [0.2, 0.25) is 0 Å². The lowest BCUT2D eigenvalue weighted by molar-refractivity contribution is 0.0683. The van der Waals surface area contributed by atoms with Crippen LogP contribution in [0.3, 0.4) is 0 Å². The average molecular weight is 361 g/mol. The Bertz CT molecular complexity index is 900. The number of benzene rings is 1. The maximum Gasteiger partial charge on any atom is 0.270 e. The SMILES string of the molecule is Cc1cccc(NS(=O)(=O)c2cc3n(c2)CCN(CC(C)C)C3=O)c1. The molecule has 0 bridgehead atoms. The van der Waals surface area contributed by atoms with E-state index < -0.39 is 10.0 Å². The lowest BCUT2D eigenvalue weighted by atomic mass is 10.2. The molecule has 25 heavy (non-hydrogen) atoms. The van der Waals surface area contributed by atoms with Crippen molar-refractivity contribution in [1.29, 1.82) is 0 Å². The summed E-state index contributed by atoms with van der Waals surface area (Å²) in [6, 6.07) is 8.63. The van der Waals surface area contributed by atoms with Crippen molar-refractivity contribution in [1.82, 2.24) is 9.47 Å². The third-order valence-electron chi connectivity index (χ3n) is 4.15. The van der Waals surface area contributed by atoms with Crippen LogP contribution in [0.2, 0.25) is 0 Å². The van der Waals surface area contributed by atoms with Crippen molar-refractivity contribution in [3.8, 4) is 0 Å². The summed E-state index contributed by atoms with van der Waals surface area (Å²) in [7, 11) is -3.73. The van der Waals surface area contributed by atoms with Gasteiger partial charge < -0.3 is 9.47 Å². The Morgan fingerprint density at radius 3 is 2.64 bits per heavy atom. The normalized spacial score (nSPS) is 14.7. The molecule has 1 aromatic heterocycles. The number of aromatic nitrogens is 1. The van der Waals surface area contributed by atoms with E-state index in [4.69, 9.17) is 0 Å². The second kappa shape index (κ2) is 6.55. The Hall–Kier alpha value is -2.28. The first-order chi connectivity index (χ1) is 11.8. The Balaban J connectivity index is 1.86. The molecule has 0 spiro atoms. The average Bonchev–Trinajstić information content (AvgIpc) is 2.95. The molecular formula is C18H23N3O3S. The molecular weight excluding hydrogens is 338 g/mol. The minimum Gasteiger partial charge on any atom is -0.340 e. The van der Waals surface area contributed by atoms with Gasteiger partial charge in [0.25, 0.3) is 15.9 Å². The predicted octanol–water partition coefficient (Wildman–Crippen LogP) is 2.71. The van der Waals surface area contributed by atoms with Crippen molar-refractivity contribution in [2.45, 2.75) is 32.2 Å². The van der Waals surface area contributed by atoms with Crippen LogP contribution in [0.1, 0.15) is 29.9 Å². The van der Waals surface area contributed by atoms with E-state index in [0.29, 0.717) is 36.9 Å². The molecule has 1 N–H and O–H groups in total. The van der Waals surface area contributed by atoms with Gasteiger partial charge in [-0.25, -0.2) is 8.42 Å². The van der Waals surface area contributed by atoms with E-state index in [9.17, 15) is 13.2 Å². The van der Waals surface area contributed by atoms with Crippen LogP contribution in [0.25, 0.3) is 0 Å². The Labute approximate surface area is 148 Å². The smallest absolute Gasteiger partial charge is 0.270 e. The molecule has 1 amide bonds. The fraction of sp³-hybridized carbons (Fsp3) is 0.389. The number of hydrogen-bond donors (Lipinski definition) is 1. The minimum absolute atomic E-state index is 0.114. The summed E-state index contributed by atoms with van der Waals surface area (Å²) >= 11 is 0. The zero-order chi connectivity index (χ0) is 18.2. The molecule has 0 saturated carbocycles. The summed E-state index contributed by atoms with van der Waals surface area (Å²) in [5.74, 6) is 0.258. The molecule has 134 valence electrons. The molecule has 1 aromatic carbocycles. The van der Waals surface area contributed by atoms with Gasteiger partial charge in [0.15, 0.2) is 0 Å². The van der Waals surface area contributed by atoms with Crippen LogP contribution in [0.4, 0.5) is 5.69 Å². The number of hydrogen-bond acceptors (Lipinski definition) is 3. The van der Waals surface area contributed by atoms with Gasteiger partial charge in [-0.05, 0) is 36.6 Å². The summed E-state index contributed by atoms with van der Waals surface area (Å²) in [5, 5.41) is 0. The van der Waals surface area contributed by atoms with Crippen molar-refractivity contribution in [3.63, 3.8) is 0 Å². The highest BCUT2D eigenvalue weighted by molar-refractivity contribution is 7.92. The van der Waals surface area contributed by atoms with E-state index in [0.717, 1.165) is 5.56 Å². The van der Waals surface area contributed by atoms with E-state index in [1.54, 1.807) is 27.7 Å². The number of anilines is 1. The monoisotopic (exact) mass is 361 g/mol. The number of sulfonamides is 1. The Morgan fingerprint density at radius 2 is 1.96 bits per heavy atom. The summed E-state index contributed by atoms with van der Waals surface area (Å²) in [5.41, 5.74) is 1.91. The van der Waals surface area contributed by atoms with Crippen molar-refractivity contribution in [2.75, 3.05) is 17.8 Å². The number of aryl methyl sites for hydroxylation is 1. The van der Waals surface area contributed by atoms with E-state index in [1.807, 2.05) is 13.0 Å². The van der Waals surface area contributed by atoms with Gasteiger partial charge in [-0.1, -0.05) is 26.0 Å². The van der Waals surface area contributed by atoms with Crippen molar-refractivity contribution in [2.24, 2.45) is 5.92 Å². The standard InChI is InChI=1S/C18H23N3O3S/c1-13(2)11-21-8-7-20-12-16(10-17(20)18(21)22)25(23,24)19-15-6-4-5-14(3)9-15/h4-6,9-10,12-13,19H,7-8,11H2,1-3H3. The molecule has 1 aliphatic heterocycles. The highest BCUT2D eigenvalue weighted by Gasteiger charge is 2.28. The summed E-state index contributed by atoms with van der Waals surface area (Å²) in [4.78, 5) is 14.5. The number of rotatable bonds is 5. The molecule has 1 aliphatic rings. The summed E-state index contributed by atoms with van der Waals surface area (Å²) < 4.78 is 29.6. The molecule has 7 heteroatoms. The fourth-order valence-electron chi connectivity index (χ4n) is 3.02. The second-order valence-corrected chi connectivity index (χ2v) is 8.56. The molecule has 0 radical (unpaired) electrons. The van der Waals surface area contributed by atoms with E-state index in [1.165, 1.54) is 12.3 Å². The molecule has 3 rings (SSSR count).